The van der Waals surface area contributed by atoms with E-state index in [1.807, 2.05) is 0 Å². The fraction of sp³-hybridized carbons (Fsp3) is 0.414. The normalized spacial score (nSPS) is 18.1. The largest absolute Gasteiger partial charge is 0.494 e. The SMILES string of the molecule is C=CCNC(=O)[C@]1(CCC(=O)OC(C)(C)C)N=C(c2ccc(OCCCO)cc2)O[C@@H]1c1ccccc1N=[N+]=[N-]. The van der Waals surface area contributed by atoms with Gasteiger partial charge in [0.2, 0.25) is 5.90 Å². The predicted molar refractivity (Wildman–Crippen MR) is 150 cm³/mol. The Labute approximate surface area is 233 Å². The molecule has 2 atom stereocenters. The number of rotatable bonds is 13. The quantitative estimate of drug-likeness (QED) is 0.0887. The van der Waals surface area contributed by atoms with Gasteiger partial charge in [-0.3, -0.25) is 9.59 Å². The van der Waals surface area contributed by atoms with Gasteiger partial charge < -0.3 is 24.6 Å². The van der Waals surface area contributed by atoms with Gasteiger partial charge in [0, 0.05) is 47.7 Å². The summed E-state index contributed by atoms with van der Waals surface area (Å²) in [4.78, 5) is 34.3. The second-order valence-electron chi connectivity index (χ2n) is 10.1. The molecule has 0 aliphatic carbocycles. The second kappa shape index (κ2) is 13.6. The molecule has 1 heterocycles. The lowest BCUT2D eigenvalue weighted by atomic mass is 9.82. The van der Waals surface area contributed by atoms with E-state index in [1.54, 1.807) is 75.4 Å². The van der Waals surface area contributed by atoms with Crippen molar-refractivity contribution in [3.8, 4) is 5.75 Å². The maximum Gasteiger partial charge on any atom is 0.306 e. The first kappa shape index (κ1) is 30.2. The first-order chi connectivity index (χ1) is 19.1. The molecule has 2 aromatic rings. The van der Waals surface area contributed by atoms with Crippen LogP contribution in [-0.4, -0.2) is 53.8 Å². The highest BCUT2D eigenvalue weighted by Crippen LogP contribution is 2.46. The van der Waals surface area contributed by atoms with E-state index >= 15 is 0 Å². The average Bonchev–Trinajstić information content (AvgIpc) is 3.31. The second-order valence-corrected chi connectivity index (χ2v) is 10.1. The zero-order valence-electron chi connectivity index (χ0n) is 23.0. The monoisotopic (exact) mass is 549 g/mol. The van der Waals surface area contributed by atoms with Crippen molar-refractivity contribution >= 4 is 23.5 Å². The van der Waals surface area contributed by atoms with E-state index < -0.39 is 29.1 Å². The molecule has 1 aliphatic rings. The van der Waals surface area contributed by atoms with Crippen LogP contribution in [0, 0.1) is 0 Å². The molecule has 0 bridgehead atoms. The van der Waals surface area contributed by atoms with Gasteiger partial charge in [0.25, 0.3) is 5.91 Å². The van der Waals surface area contributed by atoms with Crippen LogP contribution in [0.1, 0.15) is 57.3 Å². The van der Waals surface area contributed by atoms with Gasteiger partial charge in [0.1, 0.15) is 11.4 Å². The molecule has 1 aliphatic heterocycles. The van der Waals surface area contributed by atoms with Crippen LogP contribution < -0.4 is 10.1 Å². The van der Waals surface area contributed by atoms with Crippen LogP contribution in [0.2, 0.25) is 0 Å². The maximum atomic E-state index is 13.8. The molecule has 11 heteroatoms. The Morgan fingerprint density at radius 2 is 1.98 bits per heavy atom. The van der Waals surface area contributed by atoms with Crippen LogP contribution >= 0.6 is 0 Å². The number of carbonyl (C=O) groups excluding carboxylic acids is 2. The van der Waals surface area contributed by atoms with Crippen molar-refractivity contribution in [2.75, 3.05) is 19.8 Å². The minimum Gasteiger partial charge on any atom is -0.494 e. The van der Waals surface area contributed by atoms with Crippen molar-refractivity contribution in [3.63, 3.8) is 0 Å². The first-order valence-corrected chi connectivity index (χ1v) is 13.0. The summed E-state index contributed by atoms with van der Waals surface area (Å²) >= 11 is 0. The van der Waals surface area contributed by atoms with Crippen LogP contribution in [-0.2, 0) is 19.1 Å². The van der Waals surface area contributed by atoms with Crippen LogP contribution in [0.5, 0.6) is 5.75 Å². The lowest BCUT2D eigenvalue weighted by Crippen LogP contribution is -2.48. The summed E-state index contributed by atoms with van der Waals surface area (Å²) < 4.78 is 17.5. The molecule has 2 N–H and O–H groups in total. The van der Waals surface area contributed by atoms with Crippen molar-refractivity contribution in [1.82, 2.24) is 5.32 Å². The zero-order chi connectivity index (χ0) is 29.2. The molecule has 3 rings (SSSR count). The third-order valence-corrected chi connectivity index (χ3v) is 5.94. The average molecular weight is 550 g/mol. The summed E-state index contributed by atoms with van der Waals surface area (Å²) in [5, 5.41) is 15.6. The highest BCUT2D eigenvalue weighted by atomic mass is 16.6. The van der Waals surface area contributed by atoms with Gasteiger partial charge >= 0.3 is 5.97 Å². The molecule has 0 saturated carbocycles. The molecule has 212 valence electrons. The number of hydrogen-bond donors (Lipinski definition) is 2. The minimum atomic E-state index is -1.59. The Morgan fingerprint density at radius 3 is 2.62 bits per heavy atom. The number of aliphatic hydroxyl groups is 1. The number of hydrogen-bond acceptors (Lipinski definition) is 8. The number of azide groups is 1. The van der Waals surface area contributed by atoms with Gasteiger partial charge in [-0.05, 0) is 57.0 Å². The molecule has 2 aromatic carbocycles. The minimum absolute atomic E-state index is 0.0285. The van der Waals surface area contributed by atoms with Crippen molar-refractivity contribution in [3.05, 3.63) is 82.8 Å². The van der Waals surface area contributed by atoms with Gasteiger partial charge in [0.15, 0.2) is 11.6 Å². The summed E-state index contributed by atoms with van der Waals surface area (Å²) in [7, 11) is 0. The molecule has 0 saturated heterocycles. The summed E-state index contributed by atoms with van der Waals surface area (Å²) in [6.07, 6.45) is 0.877. The molecule has 11 nitrogen and oxygen atoms in total. The third kappa shape index (κ3) is 7.62. The molecule has 0 spiro atoms. The van der Waals surface area contributed by atoms with E-state index in [0.717, 1.165) is 0 Å². The molecule has 0 radical (unpaired) electrons. The standard InChI is InChI=1S/C29H35N5O6/c1-5-17-31-27(37)29(16-15-24(36)40-28(2,3)4)25(22-9-6-7-10-23(22)33-34-30)39-26(32-29)20-11-13-21(14-12-20)38-19-8-18-35/h5-7,9-14,25,35H,1,8,15-19H2,2-4H3,(H,31,37)/t25-,29-/m1/s1. The van der Waals surface area contributed by atoms with Gasteiger partial charge in [-0.1, -0.05) is 35.5 Å². The molecule has 0 aromatic heterocycles. The highest BCUT2D eigenvalue weighted by Gasteiger charge is 2.53. The third-order valence-electron chi connectivity index (χ3n) is 5.94. The van der Waals surface area contributed by atoms with E-state index in [9.17, 15) is 15.1 Å². The van der Waals surface area contributed by atoms with Gasteiger partial charge in [-0.15, -0.1) is 6.58 Å². The Bertz CT molecular complexity index is 1280. The summed E-state index contributed by atoms with van der Waals surface area (Å²) in [6, 6.07) is 13.7. The predicted octanol–water partition coefficient (Wildman–Crippen LogP) is 5.07. The van der Waals surface area contributed by atoms with E-state index in [2.05, 4.69) is 21.9 Å². The molecular formula is C29H35N5O6. The Morgan fingerprint density at radius 1 is 1.25 bits per heavy atom. The molecule has 1 amide bonds. The number of aliphatic imine (C=N–C) groups is 1. The fourth-order valence-corrected chi connectivity index (χ4v) is 4.20. The number of aliphatic hydroxyl groups excluding tert-OH is 1. The number of nitrogens with one attached hydrogen (secondary N) is 1. The number of esters is 1. The Balaban J connectivity index is 2.08. The number of carbonyl (C=O) groups is 2. The first-order valence-electron chi connectivity index (χ1n) is 13.0. The lowest BCUT2D eigenvalue weighted by Gasteiger charge is -2.31. The topological polar surface area (TPSA) is 155 Å². The van der Waals surface area contributed by atoms with Crippen LogP contribution in [0.25, 0.3) is 10.4 Å². The van der Waals surface area contributed by atoms with Crippen molar-refractivity contribution < 1.29 is 28.9 Å². The highest BCUT2D eigenvalue weighted by molar-refractivity contribution is 6.01. The summed E-state index contributed by atoms with van der Waals surface area (Å²) in [5.74, 6) is -0.185. The number of benzene rings is 2. The van der Waals surface area contributed by atoms with E-state index in [1.165, 1.54) is 0 Å². The zero-order valence-corrected chi connectivity index (χ0v) is 23.0. The van der Waals surface area contributed by atoms with Crippen molar-refractivity contribution in [2.24, 2.45) is 10.1 Å². The Hall–Kier alpha value is -4.34. The van der Waals surface area contributed by atoms with Crippen molar-refractivity contribution in [2.45, 2.75) is 57.3 Å². The molecule has 0 unspecified atom stereocenters. The van der Waals surface area contributed by atoms with Gasteiger partial charge in [-0.25, -0.2) is 4.99 Å². The number of nitrogens with zero attached hydrogens (tertiary/aromatic N) is 4. The van der Waals surface area contributed by atoms with E-state index in [-0.39, 0.29) is 37.6 Å². The smallest absolute Gasteiger partial charge is 0.306 e. The lowest BCUT2D eigenvalue weighted by molar-refractivity contribution is -0.155. The number of amides is 1. The maximum absolute atomic E-state index is 13.8. The van der Waals surface area contributed by atoms with Gasteiger partial charge in [-0.2, -0.15) is 0 Å². The molecule has 40 heavy (non-hydrogen) atoms. The van der Waals surface area contributed by atoms with E-state index in [0.29, 0.717) is 29.9 Å². The summed E-state index contributed by atoms with van der Waals surface area (Å²) in [6.45, 7) is 9.53. The fourth-order valence-electron chi connectivity index (χ4n) is 4.20. The van der Waals surface area contributed by atoms with Crippen LogP contribution in [0.3, 0.4) is 0 Å². The van der Waals surface area contributed by atoms with Crippen molar-refractivity contribution in [1.29, 1.82) is 0 Å². The van der Waals surface area contributed by atoms with Gasteiger partial charge in [0.05, 0.1) is 6.61 Å². The Kier molecular flexibility index (Phi) is 10.3. The number of ether oxygens (including phenoxy) is 3. The molecule has 0 fully saturated rings. The molecular weight excluding hydrogens is 514 g/mol. The van der Waals surface area contributed by atoms with Crippen LogP contribution in [0.15, 0.2) is 71.3 Å². The summed E-state index contributed by atoms with van der Waals surface area (Å²) in [5.41, 5.74) is 8.18. The van der Waals surface area contributed by atoms with Crippen LogP contribution in [0.4, 0.5) is 5.69 Å². The van der Waals surface area contributed by atoms with E-state index in [4.69, 9.17) is 24.3 Å².